The minimum Gasteiger partial charge on any atom is -0.466 e. The molecule has 0 fully saturated rings. The van der Waals surface area contributed by atoms with Gasteiger partial charge in [0, 0.05) is 12.7 Å². The molecule has 0 bridgehead atoms. The van der Waals surface area contributed by atoms with E-state index in [0.717, 1.165) is 0 Å². The summed E-state index contributed by atoms with van der Waals surface area (Å²) in [6.07, 6.45) is 6.94. The van der Waals surface area contributed by atoms with E-state index in [1.54, 1.807) is 18.2 Å². The first kappa shape index (κ1) is 9.91. The summed E-state index contributed by atoms with van der Waals surface area (Å²) < 4.78 is 4.35. The normalized spacial score (nSPS) is 11.1. The van der Waals surface area contributed by atoms with E-state index in [1.807, 2.05) is 0 Å². The topological polar surface area (TPSA) is 46.5 Å². The summed E-state index contributed by atoms with van der Waals surface area (Å²) in [7, 11) is 1.32. The molecule has 0 radical (unpaired) electrons. The Morgan fingerprint density at radius 3 is 2.82 bits per heavy atom. The summed E-state index contributed by atoms with van der Waals surface area (Å²) >= 11 is 0. The molecule has 0 heterocycles. The largest absolute Gasteiger partial charge is 0.466 e. The van der Waals surface area contributed by atoms with Crippen LogP contribution in [-0.2, 0) is 9.53 Å². The van der Waals surface area contributed by atoms with Crippen LogP contribution in [0.4, 0.5) is 0 Å². The fourth-order valence-electron chi connectivity index (χ4n) is 0.451. The molecule has 3 nitrogen and oxygen atoms in total. The van der Waals surface area contributed by atoms with Crippen LogP contribution in [0, 0.1) is 0 Å². The lowest BCUT2D eigenvalue weighted by Crippen LogP contribution is -1.92. The zero-order valence-corrected chi connectivity index (χ0v) is 6.49. The minimum absolute atomic E-state index is 0.128. The van der Waals surface area contributed by atoms with E-state index in [4.69, 9.17) is 5.11 Å². The van der Waals surface area contributed by atoms with Gasteiger partial charge in [-0.15, -0.1) is 0 Å². The van der Waals surface area contributed by atoms with Gasteiger partial charge >= 0.3 is 5.97 Å². The highest BCUT2D eigenvalue weighted by Crippen LogP contribution is 1.83. The Balaban J connectivity index is 3.50. The van der Waals surface area contributed by atoms with Crippen molar-refractivity contribution in [3.05, 3.63) is 24.3 Å². The van der Waals surface area contributed by atoms with Crippen molar-refractivity contribution < 1.29 is 14.6 Å². The average Bonchev–Trinajstić information content (AvgIpc) is 2.04. The Morgan fingerprint density at radius 2 is 2.27 bits per heavy atom. The van der Waals surface area contributed by atoms with Crippen LogP contribution in [0.3, 0.4) is 0 Å². The summed E-state index contributed by atoms with van der Waals surface area (Å²) in [5, 5.41) is 8.35. The van der Waals surface area contributed by atoms with Gasteiger partial charge in [0.2, 0.25) is 0 Å². The fraction of sp³-hybridized carbons (Fsp3) is 0.375. The maximum atomic E-state index is 10.5. The maximum absolute atomic E-state index is 10.5. The predicted molar refractivity (Wildman–Crippen MR) is 42.0 cm³/mol. The molecule has 0 saturated heterocycles. The third kappa shape index (κ3) is 6.80. The van der Waals surface area contributed by atoms with Crippen molar-refractivity contribution in [3.8, 4) is 0 Å². The molecule has 0 aliphatic rings. The molecule has 0 atom stereocenters. The van der Waals surface area contributed by atoms with Crippen molar-refractivity contribution >= 4 is 5.97 Å². The van der Waals surface area contributed by atoms with Crippen molar-refractivity contribution in [1.29, 1.82) is 0 Å². The maximum Gasteiger partial charge on any atom is 0.330 e. The van der Waals surface area contributed by atoms with Gasteiger partial charge < -0.3 is 9.84 Å². The molecule has 0 rings (SSSR count). The minimum atomic E-state index is -0.376. The van der Waals surface area contributed by atoms with Crippen LogP contribution in [0.1, 0.15) is 6.42 Å². The fourth-order valence-corrected chi connectivity index (χ4v) is 0.451. The number of ether oxygens (including phenoxy) is 1. The molecule has 0 aromatic carbocycles. The number of esters is 1. The molecule has 3 heteroatoms. The highest BCUT2D eigenvalue weighted by molar-refractivity contribution is 5.82. The Bertz CT molecular complexity index is 159. The van der Waals surface area contributed by atoms with E-state index in [2.05, 4.69) is 4.74 Å². The molecule has 0 aromatic heterocycles. The van der Waals surface area contributed by atoms with Crippen molar-refractivity contribution in [2.75, 3.05) is 13.7 Å². The van der Waals surface area contributed by atoms with E-state index in [9.17, 15) is 4.79 Å². The van der Waals surface area contributed by atoms with Gasteiger partial charge in [-0.05, 0) is 6.42 Å². The van der Waals surface area contributed by atoms with Gasteiger partial charge in [0.1, 0.15) is 0 Å². The first-order chi connectivity index (χ1) is 5.31. The molecule has 0 aliphatic heterocycles. The number of carbonyl (C=O) groups excluding carboxylic acids is 1. The molecule has 1 N–H and O–H groups in total. The van der Waals surface area contributed by atoms with Gasteiger partial charge in [0.05, 0.1) is 7.11 Å². The number of carbonyl (C=O) groups is 1. The molecular formula is C8H12O3. The zero-order valence-electron chi connectivity index (χ0n) is 6.49. The number of rotatable bonds is 4. The van der Waals surface area contributed by atoms with Crippen molar-refractivity contribution in [2.45, 2.75) is 6.42 Å². The van der Waals surface area contributed by atoms with Crippen LogP contribution in [0.25, 0.3) is 0 Å². The predicted octanol–water partition coefficient (Wildman–Crippen LogP) is 0.654. The summed E-state index contributed by atoms with van der Waals surface area (Å²) in [6.45, 7) is 0.128. The number of hydrogen-bond acceptors (Lipinski definition) is 3. The van der Waals surface area contributed by atoms with Crippen LogP contribution < -0.4 is 0 Å². The highest BCUT2D eigenvalue weighted by atomic mass is 16.5. The standard InChI is InChI=1S/C8H12O3/c1-11-8(10)6-4-2-3-5-7-9/h2-4,6,9H,5,7H2,1H3/b3-2+,6-4+. The molecule has 0 aromatic rings. The van der Waals surface area contributed by atoms with Crippen LogP contribution in [0.15, 0.2) is 24.3 Å². The third-order valence-electron chi connectivity index (χ3n) is 0.976. The molecule has 0 spiro atoms. The first-order valence-electron chi connectivity index (χ1n) is 3.33. The highest BCUT2D eigenvalue weighted by Gasteiger charge is 1.85. The smallest absolute Gasteiger partial charge is 0.330 e. The van der Waals surface area contributed by atoms with Crippen LogP contribution in [-0.4, -0.2) is 24.8 Å². The third-order valence-corrected chi connectivity index (χ3v) is 0.976. The zero-order chi connectivity index (χ0) is 8.53. The number of aliphatic hydroxyl groups is 1. The first-order valence-corrected chi connectivity index (χ1v) is 3.33. The van der Waals surface area contributed by atoms with E-state index in [1.165, 1.54) is 13.2 Å². The Labute approximate surface area is 66.0 Å². The second-order valence-corrected chi connectivity index (χ2v) is 1.82. The van der Waals surface area contributed by atoms with E-state index < -0.39 is 0 Å². The van der Waals surface area contributed by atoms with Crippen molar-refractivity contribution in [1.82, 2.24) is 0 Å². The Kier molecular flexibility index (Phi) is 6.33. The summed E-state index contributed by atoms with van der Waals surface area (Å²) in [5.74, 6) is -0.376. The van der Waals surface area contributed by atoms with Crippen molar-refractivity contribution in [3.63, 3.8) is 0 Å². The molecule has 62 valence electrons. The lowest BCUT2D eigenvalue weighted by atomic mass is 10.4. The Hall–Kier alpha value is -1.09. The molecule has 0 aliphatic carbocycles. The SMILES string of the molecule is COC(=O)/C=C/C=C/CCO. The van der Waals surface area contributed by atoms with Crippen molar-refractivity contribution in [2.24, 2.45) is 0 Å². The van der Waals surface area contributed by atoms with Gasteiger partial charge in [-0.1, -0.05) is 18.2 Å². The summed E-state index contributed by atoms with van der Waals surface area (Å²) in [6, 6.07) is 0. The Morgan fingerprint density at radius 1 is 1.55 bits per heavy atom. The lowest BCUT2D eigenvalue weighted by Gasteiger charge is -1.86. The monoisotopic (exact) mass is 156 g/mol. The summed E-state index contributed by atoms with van der Waals surface area (Å²) in [5.41, 5.74) is 0. The molecular weight excluding hydrogens is 144 g/mol. The van der Waals surface area contributed by atoms with Crippen LogP contribution in [0.5, 0.6) is 0 Å². The van der Waals surface area contributed by atoms with Crippen LogP contribution in [0.2, 0.25) is 0 Å². The number of hydrogen-bond donors (Lipinski definition) is 1. The van der Waals surface area contributed by atoms with Gasteiger partial charge in [-0.2, -0.15) is 0 Å². The lowest BCUT2D eigenvalue weighted by molar-refractivity contribution is -0.134. The van der Waals surface area contributed by atoms with E-state index >= 15 is 0 Å². The second-order valence-electron chi connectivity index (χ2n) is 1.82. The van der Waals surface area contributed by atoms with Gasteiger partial charge in [0.25, 0.3) is 0 Å². The van der Waals surface area contributed by atoms with Gasteiger partial charge in [-0.3, -0.25) is 0 Å². The molecule has 0 amide bonds. The molecule has 0 saturated carbocycles. The van der Waals surface area contributed by atoms with Gasteiger partial charge in [-0.25, -0.2) is 4.79 Å². The number of methoxy groups -OCH3 is 1. The van der Waals surface area contributed by atoms with E-state index in [0.29, 0.717) is 6.42 Å². The molecule has 11 heavy (non-hydrogen) atoms. The quantitative estimate of drug-likeness (QED) is 0.369. The second kappa shape index (κ2) is 7.02. The van der Waals surface area contributed by atoms with Crippen LogP contribution >= 0.6 is 0 Å². The van der Waals surface area contributed by atoms with E-state index in [-0.39, 0.29) is 12.6 Å². The average molecular weight is 156 g/mol. The van der Waals surface area contributed by atoms with Gasteiger partial charge in [0.15, 0.2) is 0 Å². The molecule has 0 unspecified atom stereocenters. The number of aliphatic hydroxyl groups excluding tert-OH is 1. The number of allylic oxidation sites excluding steroid dienone is 2. The summed E-state index contributed by atoms with van der Waals surface area (Å²) in [4.78, 5) is 10.5.